The van der Waals surface area contributed by atoms with Crippen LogP contribution in [0, 0.1) is 10.1 Å². The van der Waals surface area contributed by atoms with Crippen LogP contribution in [0.15, 0.2) is 23.2 Å². The van der Waals surface area contributed by atoms with Gasteiger partial charge in [0.15, 0.2) is 0 Å². The maximum absolute atomic E-state index is 12.5. The number of amides is 1. The third kappa shape index (κ3) is 4.17. The topological polar surface area (TPSA) is 105 Å². The summed E-state index contributed by atoms with van der Waals surface area (Å²) in [7, 11) is 1.99. The van der Waals surface area contributed by atoms with Crippen LogP contribution in [0.2, 0.25) is 0 Å². The van der Waals surface area contributed by atoms with E-state index in [1.165, 1.54) is 18.2 Å². The Labute approximate surface area is 138 Å². The molecule has 0 spiro atoms. The largest absolute Gasteiger partial charge is 0.386 e. The molecule has 0 aliphatic carbocycles. The third-order valence-electron chi connectivity index (χ3n) is 3.61. The fourth-order valence-corrected chi connectivity index (χ4v) is 2.33. The average Bonchev–Trinajstić information content (AvgIpc) is 2.55. The summed E-state index contributed by atoms with van der Waals surface area (Å²) < 4.78 is 0. The molecule has 2 N–H and O–H groups in total. The van der Waals surface area contributed by atoms with Crippen LogP contribution in [0.3, 0.4) is 0 Å². The molecule has 0 atom stereocenters. The number of nitrogens with two attached hydrogens (primary N) is 1. The molecular formula is C14H18ClN5O3. The molecule has 9 heteroatoms. The van der Waals surface area contributed by atoms with Gasteiger partial charge in [0.05, 0.1) is 10.8 Å². The smallest absolute Gasteiger partial charge is 0.295 e. The lowest BCUT2D eigenvalue weighted by molar-refractivity contribution is -0.384. The Kier molecular flexibility index (Phi) is 5.51. The number of hydrogen-bond donors (Lipinski definition) is 1. The lowest BCUT2D eigenvalue weighted by Gasteiger charge is -2.32. The minimum Gasteiger partial charge on any atom is -0.386 e. The molecule has 0 saturated carbocycles. The Balaban J connectivity index is 2.28. The van der Waals surface area contributed by atoms with Crippen molar-refractivity contribution in [3.8, 4) is 0 Å². The lowest BCUT2D eigenvalue weighted by Crippen LogP contribution is -2.47. The molecule has 23 heavy (non-hydrogen) atoms. The zero-order valence-electron chi connectivity index (χ0n) is 12.7. The van der Waals surface area contributed by atoms with Crippen LogP contribution in [0.25, 0.3) is 0 Å². The number of benzene rings is 1. The number of hydrogen-bond acceptors (Lipinski definition) is 5. The van der Waals surface area contributed by atoms with Gasteiger partial charge in [0.25, 0.3) is 11.6 Å². The Bertz CT molecular complexity index is 641. The molecule has 0 unspecified atom stereocenters. The number of carbonyl (C=O) groups excluding carboxylic acids is 1. The third-order valence-corrected chi connectivity index (χ3v) is 3.88. The Hall–Kier alpha value is -2.19. The first kappa shape index (κ1) is 17.2. The fourth-order valence-electron chi connectivity index (χ4n) is 2.27. The van der Waals surface area contributed by atoms with Crippen LogP contribution in [-0.2, 0) is 0 Å². The Morgan fingerprint density at radius 1 is 1.39 bits per heavy atom. The second-order valence-corrected chi connectivity index (χ2v) is 5.56. The maximum Gasteiger partial charge on any atom is 0.295 e. The highest BCUT2D eigenvalue weighted by molar-refractivity contribution is 6.28. The SMILES string of the molecule is CN1CCN(C(=O)c2ccc(N=C(N)CCl)c([N+](=O)[O-])c2)CC1. The number of likely N-dealkylation sites (N-methyl/N-ethyl adjacent to an activating group) is 1. The number of aliphatic imine (C=N–C) groups is 1. The molecule has 1 fully saturated rings. The second kappa shape index (κ2) is 7.38. The fraction of sp³-hybridized carbons (Fsp3) is 0.429. The summed E-state index contributed by atoms with van der Waals surface area (Å²) in [6.07, 6.45) is 0. The van der Waals surface area contributed by atoms with Crippen LogP contribution in [-0.4, -0.2) is 65.6 Å². The number of carbonyl (C=O) groups is 1. The summed E-state index contributed by atoms with van der Waals surface area (Å²) in [5, 5.41) is 11.2. The molecular weight excluding hydrogens is 322 g/mol. The van der Waals surface area contributed by atoms with E-state index in [4.69, 9.17) is 17.3 Å². The van der Waals surface area contributed by atoms with Crippen molar-refractivity contribution in [3.63, 3.8) is 0 Å². The van der Waals surface area contributed by atoms with Crippen LogP contribution in [0.4, 0.5) is 11.4 Å². The van der Waals surface area contributed by atoms with E-state index >= 15 is 0 Å². The van der Waals surface area contributed by atoms with Crippen molar-refractivity contribution in [1.29, 1.82) is 0 Å². The number of rotatable bonds is 4. The molecule has 1 aromatic carbocycles. The van der Waals surface area contributed by atoms with E-state index in [1.54, 1.807) is 4.90 Å². The van der Waals surface area contributed by atoms with Gasteiger partial charge in [-0.05, 0) is 19.2 Å². The molecule has 1 aromatic rings. The zero-order chi connectivity index (χ0) is 17.0. The monoisotopic (exact) mass is 339 g/mol. The molecule has 8 nitrogen and oxygen atoms in total. The molecule has 0 bridgehead atoms. The van der Waals surface area contributed by atoms with Crippen molar-refractivity contribution in [2.45, 2.75) is 0 Å². The number of alkyl halides is 1. The Morgan fingerprint density at radius 2 is 2.04 bits per heavy atom. The van der Waals surface area contributed by atoms with E-state index in [0.717, 1.165) is 13.1 Å². The van der Waals surface area contributed by atoms with Crippen LogP contribution >= 0.6 is 11.6 Å². The highest BCUT2D eigenvalue weighted by atomic mass is 35.5. The van der Waals surface area contributed by atoms with Crippen molar-refractivity contribution >= 4 is 34.7 Å². The van der Waals surface area contributed by atoms with E-state index in [2.05, 4.69) is 9.89 Å². The van der Waals surface area contributed by atoms with Crippen molar-refractivity contribution in [2.75, 3.05) is 39.1 Å². The quantitative estimate of drug-likeness (QED) is 0.292. The maximum atomic E-state index is 12.5. The van der Waals surface area contributed by atoms with Gasteiger partial charge in [-0.2, -0.15) is 0 Å². The normalized spacial score (nSPS) is 16.4. The van der Waals surface area contributed by atoms with Crippen LogP contribution in [0.1, 0.15) is 10.4 Å². The minimum absolute atomic E-state index is 0.0286. The van der Waals surface area contributed by atoms with E-state index < -0.39 is 4.92 Å². The minimum atomic E-state index is -0.582. The van der Waals surface area contributed by atoms with Crippen molar-refractivity contribution < 1.29 is 9.72 Å². The number of nitrogens with zero attached hydrogens (tertiary/aromatic N) is 4. The highest BCUT2D eigenvalue weighted by Crippen LogP contribution is 2.29. The first-order valence-corrected chi connectivity index (χ1v) is 7.61. The van der Waals surface area contributed by atoms with E-state index in [0.29, 0.717) is 13.1 Å². The molecule has 1 heterocycles. The summed E-state index contributed by atoms with van der Waals surface area (Å²) in [5.41, 5.74) is 5.61. The van der Waals surface area contributed by atoms with Gasteiger partial charge in [-0.1, -0.05) is 0 Å². The van der Waals surface area contributed by atoms with E-state index in [1.807, 2.05) is 7.05 Å². The van der Waals surface area contributed by atoms with Gasteiger partial charge in [-0.15, -0.1) is 11.6 Å². The average molecular weight is 340 g/mol. The first-order chi connectivity index (χ1) is 10.9. The molecule has 1 saturated heterocycles. The van der Waals surface area contributed by atoms with Gasteiger partial charge in [0.1, 0.15) is 11.5 Å². The van der Waals surface area contributed by atoms with Gasteiger partial charge in [0, 0.05) is 37.8 Å². The summed E-state index contributed by atoms with van der Waals surface area (Å²) in [6, 6.07) is 4.18. The van der Waals surface area contributed by atoms with Gasteiger partial charge in [0.2, 0.25) is 0 Å². The van der Waals surface area contributed by atoms with Gasteiger partial charge < -0.3 is 15.5 Å². The van der Waals surface area contributed by atoms with Gasteiger partial charge >= 0.3 is 0 Å². The first-order valence-electron chi connectivity index (χ1n) is 7.07. The van der Waals surface area contributed by atoms with Crippen molar-refractivity contribution in [1.82, 2.24) is 9.80 Å². The summed E-state index contributed by atoms with van der Waals surface area (Å²) in [6.45, 7) is 2.76. The molecule has 2 rings (SSSR count). The van der Waals surface area contributed by atoms with Crippen LogP contribution < -0.4 is 5.73 Å². The zero-order valence-corrected chi connectivity index (χ0v) is 13.5. The Morgan fingerprint density at radius 3 is 2.61 bits per heavy atom. The lowest BCUT2D eigenvalue weighted by atomic mass is 10.1. The summed E-state index contributed by atoms with van der Waals surface area (Å²) in [4.78, 5) is 30.8. The number of nitro benzene ring substituents is 1. The molecule has 0 radical (unpaired) electrons. The number of nitro groups is 1. The molecule has 1 aliphatic rings. The van der Waals surface area contributed by atoms with Crippen molar-refractivity contribution in [3.05, 3.63) is 33.9 Å². The summed E-state index contributed by atoms with van der Waals surface area (Å²) in [5.74, 6) is -0.172. The van der Waals surface area contributed by atoms with E-state index in [9.17, 15) is 14.9 Å². The van der Waals surface area contributed by atoms with Crippen LogP contribution in [0.5, 0.6) is 0 Å². The van der Waals surface area contributed by atoms with Gasteiger partial charge in [-0.25, -0.2) is 4.99 Å². The number of piperazine rings is 1. The van der Waals surface area contributed by atoms with Crippen molar-refractivity contribution in [2.24, 2.45) is 10.7 Å². The predicted octanol–water partition coefficient (Wildman–Crippen LogP) is 1.21. The number of halogens is 1. The van der Waals surface area contributed by atoms with E-state index in [-0.39, 0.29) is 34.6 Å². The molecule has 1 aliphatic heterocycles. The summed E-state index contributed by atoms with van der Waals surface area (Å²) >= 11 is 5.54. The predicted molar refractivity (Wildman–Crippen MR) is 88.5 cm³/mol. The highest BCUT2D eigenvalue weighted by Gasteiger charge is 2.23. The molecule has 124 valence electrons. The molecule has 0 aromatic heterocycles. The second-order valence-electron chi connectivity index (χ2n) is 5.29. The van der Waals surface area contributed by atoms with Gasteiger partial charge in [-0.3, -0.25) is 14.9 Å². The number of amidine groups is 1. The molecule has 1 amide bonds. The standard InChI is InChI=1S/C14H18ClN5O3/c1-18-4-6-19(7-5-18)14(21)10-2-3-11(17-13(16)9-15)12(8-10)20(22)23/h2-3,8H,4-7,9H2,1H3,(H2,16,17).